The quantitative estimate of drug-likeness (QED) is 0.700. The number of sulfonamides is 1. The highest BCUT2D eigenvalue weighted by Gasteiger charge is 2.25. The molecule has 1 heterocycles. The standard InChI is InChI=1S/C21H24N2O5S/c1-3-15(2)22-29(26,27)18-10-8-17(9-11-18)21(25)28-14-20(24)23-13-12-16-6-4-5-7-19(16)23/h4-11,15,22H,3,12-14H2,1-2H3/t15-/m1/s1. The molecule has 2 aromatic rings. The maximum atomic E-state index is 12.4. The van der Waals surface area contributed by atoms with Crippen molar-refractivity contribution in [1.82, 2.24) is 4.72 Å². The van der Waals surface area contributed by atoms with Crippen LogP contribution >= 0.6 is 0 Å². The fraction of sp³-hybridized carbons (Fsp3) is 0.333. The number of nitrogens with zero attached hydrogens (tertiary/aromatic N) is 1. The molecule has 3 rings (SSSR count). The minimum atomic E-state index is -3.64. The van der Waals surface area contributed by atoms with Gasteiger partial charge in [-0.05, 0) is 55.7 Å². The maximum absolute atomic E-state index is 12.4. The van der Waals surface area contributed by atoms with Crippen LogP contribution in [0, 0.1) is 0 Å². The first-order chi connectivity index (χ1) is 13.8. The first-order valence-corrected chi connectivity index (χ1v) is 11.0. The monoisotopic (exact) mass is 416 g/mol. The van der Waals surface area contributed by atoms with Crippen molar-refractivity contribution in [2.24, 2.45) is 0 Å². The van der Waals surface area contributed by atoms with E-state index in [2.05, 4.69) is 4.72 Å². The minimum absolute atomic E-state index is 0.0686. The lowest BCUT2D eigenvalue weighted by molar-refractivity contribution is -0.121. The van der Waals surface area contributed by atoms with E-state index in [0.29, 0.717) is 13.0 Å². The third-order valence-electron chi connectivity index (χ3n) is 4.88. The van der Waals surface area contributed by atoms with Crippen molar-refractivity contribution in [3.63, 3.8) is 0 Å². The number of carbonyl (C=O) groups is 2. The number of fused-ring (bicyclic) bond motifs is 1. The molecule has 7 nitrogen and oxygen atoms in total. The zero-order valence-corrected chi connectivity index (χ0v) is 17.2. The van der Waals surface area contributed by atoms with E-state index in [4.69, 9.17) is 4.74 Å². The highest BCUT2D eigenvalue weighted by Crippen LogP contribution is 2.27. The summed E-state index contributed by atoms with van der Waals surface area (Å²) in [7, 11) is -3.64. The molecule has 2 aromatic carbocycles. The second-order valence-corrected chi connectivity index (χ2v) is 8.67. The normalized spacial score (nSPS) is 14.3. The summed E-state index contributed by atoms with van der Waals surface area (Å²) in [5, 5.41) is 0. The zero-order chi connectivity index (χ0) is 21.0. The van der Waals surface area contributed by atoms with E-state index < -0.39 is 16.0 Å². The molecular formula is C21H24N2O5S. The van der Waals surface area contributed by atoms with Gasteiger partial charge in [-0.2, -0.15) is 0 Å². The fourth-order valence-electron chi connectivity index (χ4n) is 3.07. The van der Waals surface area contributed by atoms with Gasteiger partial charge < -0.3 is 9.64 Å². The van der Waals surface area contributed by atoms with Gasteiger partial charge in [0, 0.05) is 18.3 Å². The third-order valence-corrected chi connectivity index (χ3v) is 6.49. The molecule has 8 heteroatoms. The van der Waals surface area contributed by atoms with Crippen LogP contribution in [0.2, 0.25) is 0 Å². The molecule has 0 saturated carbocycles. The molecule has 0 aliphatic carbocycles. The van der Waals surface area contributed by atoms with Crippen molar-refractivity contribution in [2.45, 2.75) is 37.6 Å². The summed E-state index contributed by atoms with van der Waals surface area (Å²) in [4.78, 5) is 26.3. The van der Waals surface area contributed by atoms with Crippen LogP contribution in [0.15, 0.2) is 53.4 Å². The number of nitrogens with one attached hydrogen (secondary N) is 1. The Bertz CT molecular complexity index is 1000. The Balaban J connectivity index is 1.60. The largest absolute Gasteiger partial charge is 0.452 e. The summed E-state index contributed by atoms with van der Waals surface area (Å²) in [6.07, 6.45) is 1.44. The van der Waals surface area contributed by atoms with Crippen LogP contribution < -0.4 is 9.62 Å². The van der Waals surface area contributed by atoms with Gasteiger partial charge in [-0.3, -0.25) is 4.79 Å². The van der Waals surface area contributed by atoms with E-state index in [0.717, 1.165) is 17.7 Å². The predicted octanol–water partition coefficient (Wildman–Crippen LogP) is 2.51. The molecule has 0 bridgehead atoms. The van der Waals surface area contributed by atoms with Gasteiger partial charge in [-0.1, -0.05) is 25.1 Å². The van der Waals surface area contributed by atoms with Gasteiger partial charge in [-0.25, -0.2) is 17.9 Å². The smallest absolute Gasteiger partial charge is 0.338 e. The van der Waals surface area contributed by atoms with Crippen LogP contribution in [-0.2, 0) is 26.0 Å². The van der Waals surface area contributed by atoms with E-state index in [1.165, 1.54) is 24.3 Å². The van der Waals surface area contributed by atoms with Crippen LogP contribution in [0.5, 0.6) is 0 Å². The second-order valence-electron chi connectivity index (χ2n) is 6.96. The summed E-state index contributed by atoms with van der Waals surface area (Å²) in [5.74, 6) is -0.968. The molecule has 1 aliphatic heterocycles. The first-order valence-electron chi connectivity index (χ1n) is 9.49. The van der Waals surface area contributed by atoms with E-state index in [9.17, 15) is 18.0 Å². The fourth-order valence-corrected chi connectivity index (χ4v) is 4.40. The minimum Gasteiger partial charge on any atom is -0.452 e. The summed E-state index contributed by atoms with van der Waals surface area (Å²) in [6, 6.07) is 12.9. The van der Waals surface area contributed by atoms with Gasteiger partial charge in [0.2, 0.25) is 10.0 Å². The lowest BCUT2D eigenvalue weighted by Gasteiger charge is -2.17. The number of para-hydroxylation sites is 1. The highest BCUT2D eigenvalue weighted by molar-refractivity contribution is 7.89. The second kappa shape index (κ2) is 8.75. The van der Waals surface area contributed by atoms with Gasteiger partial charge in [0.1, 0.15) is 0 Å². The number of carbonyl (C=O) groups excluding carboxylic acids is 2. The number of rotatable bonds is 7. The summed E-state index contributed by atoms with van der Waals surface area (Å²) < 4.78 is 32.2. The number of amides is 1. The van der Waals surface area contributed by atoms with Gasteiger partial charge in [0.25, 0.3) is 5.91 Å². The van der Waals surface area contributed by atoms with Crippen LogP contribution in [0.25, 0.3) is 0 Å². The van der Waals surface area contributed by atoms with Crippen LogP contribution in [0.3, 0.4) is 0 Å². The van der Waals surface area contributed by atoms with Gasteiger partial charge in [0.05, 0.1) is 10.5 Å². The number of hydrogen-bond donors (Lipinski definition) is 1. The van der Waals surface area contributed by atoms with Gasteiger partial charge in [0.15, 0.2) is 6.61 Å². The highest BCUT2D eigenvalue weighted by atomic mass is 32.2. The molecule has 0 aromatic heterocycles. The topological polar surface area (TPSA) is 92.8 Å². The Morgan fingerprint density at radius 2 is 1.83 bits per heavy atom. The number of esters is 1. The van der Waals surface area contributed by atoms with Crippen molar-refractivity contribution in [2.75, 3.05) is 18.1 Å². The Morgan fingerprint density at radius 1 is 1.14 bits per heavy atom. The lowest BCUT2D eigenvalue weighted by atomic mass is 10.2. The van der Waals surface area contributed by atoms with Crippen molar-refractivity contribution < 1.29 is 22.7 Å². The van der Waals surface area contributed by atoms with Crippen molar-refractivity contribution in [1.29, 1.82) is 0 Å². The van der Waals surface area contributed by atoms with Gasteiger partial charge >= 0.3 is 5.97 Å². The predicted molar refractivity (Wildman–Crippen MR) is 109 cm³/mol. The van der Waals surface area contributed by atoms with E-state index >= 15 is 0 Å². The molecule has 0 fully saturated rings. The number of anilines is 1. The molecule has 0 unspecified atom stereocenters. The Morgan fingerprint density at radius 3 is 2.52 bits per heavy atom. The van der Waals surface area contributed by atoms with E-state index in [-0.39, 0.29) is 29.0 Å². The molecule has 154 valence electrons. The number of hydrogen-bond acceptors (Lipinski definition) is 5. The lowest BCUT2D eigenvalue weighted by Crippen LogP contribution is -2.33. The average Bonchev–Trinajstić information content (AvgIpc) is 3.15. The van der Waals surface area contributed by atoms with Crippen LogP contribution in [0.1, 0.15) is 36.2 Å². The van der Waals surface area contributed by atoms with Crippen LogP contribution in [-0.4, -0.2) is 39.5 Å². The number of benzene rings is 2. The third kappa shape index (κ3) is 4.83. The van der Waals surface area contributed by atoms with E-state index in [1.54, 1.807) is 11.8 Å². The first kappa shape index (κ1) is 21.0. The summed E-state index contributed by atoms with van der Waals surface area (Å²) in [6.45, 7) is 3.85. The number of ether oxygens (including phenoxy) is 1. The summed E-state index contributed by atoms with van der Waals surface area (Å²) in [5.41, 5.74) is 2.12. The molecule has 1 aliphatic rings. The van der Waals surface area contributed by atoms with E-state index in [1.807, 2.05) is 31.2 Å². The molecule has 29 heavy (non-hydrogen) atoms. The van der Waals surface area contributed by atoms with Gasteiger partial charge in [-0.15, -0.1) is 0 Å². The van der Waals surface area contributed by atoms with Crippen LogP contribution in [0.4, 0.5) is 5.69 Å². The molecular weight excluding hydrogens is 392 g/mol. The molecule has 1 amide bonds. The molecule has 0 saturated heterocycles. The molecule has 1 atom stereocenters. The maximum Gasteiger partial charge on any atom is 0.338 e. The SMILES string of the molecule is CC[C@@H](C)NS(=O)(=O)c1ccc(C(=O)OCC(=O)N2CCc3ccccc32)cc1. The average molecular weight is 416 g/mol. The summed E-state index contributed by atoms with van der Waals surface area (Å²) >= 11 is 0. The van der Waals surface area contributed by atoms with Crippen molar-refractivity contribution >= 4 is 27.6 Å². The molecule has 1 N–H and O–H groups in total. The van der Waals surface area contributed by atoms with Crippen molar-refractivity contribution in [3.8, 4) is 0 Å². The van der Waals surface area contributed by atoms with Crippen molar-refractivity contribution in [3.05, 3.63) is 59.7 Å². The zero-order valence-electron chi connectivity index (χ0n) is 16.4. The molecule has 0 spiro atoms. The molecule has 0 radical (unpaired) electrons. The Labute approximate surface area is 170 Å². The Kier molecular flexibility index (Phi) is 6.34. The Hall–Kier alpha value is -2.71.